The lowest BCUT2D eigenvalue weighted by Crippen LogP contribution is -2.51. The average molecular weight is 470 g/mol. The van der Waals surface area contributed by atoms with E-state index in [1.54, 1.807) is 0 Å². The number of aryl methyl sites for hydroxylation is 3. The van der Waals surface area contributed by atoms with E-state index >= 15 is 0 Å². The van der Waals surface area contributed by atoms with Crippen molar-refractivity contribution >= 4 is 27.0 Å². The molecule has 176 valence electrons. The molecular weight excluding hydrogens is 438 g/mol. The Labute approximate surface area is 195 Å². The van der Waals surface area contributed by atoms with Crippen molar-refractivity contribution in [1.29, 1.82) is 0 Å². The quantitative estimate of drug-likeness (QED) is 0.604. The maximum Gasteiger partial charge on any atom is 0.325 e. The van der Waals surface area contributed by atoms with Crippen molar-refractivity contribution in [2.75, 3.05) is 13.1 Å². The molecule has 33 heavy (non-hydrogen) atoms. The predicted molar refractivity (Wildman–Crippen MR) is 130 cm³/mol. The molecule has 1 N–H and O–H groups in total. The Morgan fingerprint density at radius 3 is 2.36 bits per heavy atom. The highest BCUT2D eigenvalue weighted by molar-refractivity contribution is 7.91. The van der Waals surface area contributed by atoms with E-state index in [0.717, 1.165) is 28.0 Å². The molecule has 7 nitrogen and oxygen atoms in total. The van der Waals surface area contributed by atoms with Gasteiger partial charge in [-0.2, -0.15) is 0 Å². The molecule has 0 saturated carbocycles. The molecule has 8 heteroatoms. The van der Waals surface area contributed by atoms with Crippen LogP contribution in [-0.2, 0) is 21.9 Å². The van der Waals surface area contributed by atoms with E-state index in [1.807, 2.05) is 14.0 Å². The Morgan fingerprint density at radius 1 is 1.09 bits per heavy atom. The highest BCUT2D eigenvalue weighted by atomic mass is 32.2. The lowest BCUT2D eigenvalue weighted by molar-refractivity contribution is -0.139. The van der Waals surface area contributed by atoms with E-state index in [-0.39, 0.29) is 5.92 Å². The van der Waals surface area contributed by atoms with Crippen molar-refractivity contribution in [2.24, 2.45) is 7.05 Å². The van der Waals surface area contributed by atoms with Gasteiger partial charge < -0.3 is 9.67 Å². The third-order valence-electron chi connectivity index (χ3n) is 7.09. The molecule has 1 aromatic heterocycles. The zero-order valence-corrected chi connectivity index (χ0v) is 20.6. The van der Waals surface area contributed by atoms with Crippen LogP contribution in [0.15, 0.2) is 36.4 Å². The number of fused-ring (bicyclic) bond motifs is 1. The van der Waals surface area contributed by atoms with Crippen molar-refractivity contribution < 1.29 is 18.3 Å². The number of benzene rings is 2. The lowest BCUT2D eigenvalue weighted by atomic mass is 9.87. The number of rotatable bonds is 5. The fraction of sp³-hybridized carbons (Fsp3) is 0.440. The Balaban J connectivity index is 1.52. The van der Waals surface area contributed by atoms with Crippen LogP contribution < -0.4 is 0 Å². The molecule has 2 heterocycles. The lowest BCUT2D eigenvalue weighted by Gasteiger charge is -2.35. The predicted octanol–water partition coefficient (Wildman–Crippen LogP) is 4.23. The fourth-order valence-electron chi connectivity index (χ4n) is 4.62. The number of carboxylic acid groups (broad SMARTS) is 1. The first kappa shape index (κ1) is 23.4. The minimum Gasteiger partial charge on any atom is -0.480 e. The summed E-state index contributed by atoms with van der Waals surface area (Å²) in [6.45, 7) is 7.27. The number of aromatic nitrogens is 2. The Bertz CT molecular complexity index is 1330. The third kappa shape index (κ3) is 3.95. The number of hydrogen-bond donors (Lipinski definition) is 1. The third-order valence-corrected chi connectivity index (χ3v) is 9.60. The molecule has 0 atom stereocenters. The van der Waals surface area contributed by atoms with E-state index in [1.165, 1.54) is 29.3 Å². The standard InChI is InChI=1S/C25H31N3O4S/c1-16-14-19(18-10-12-28(13-11-18)33(31,32)25(3,4)24(29)30)6-8-21(16)20-7-9-23-22(15-20)26-17(2)27(23)5/h6-9,14-15,18H,10-13H2,1-5H3,(H,29,30). The summed E-state index contributed by atoms with van der Waals surface area (Å²) < 4.78 is 27.2. The van der Waals surface area contributed by atoms with Crippen molar-refractivity contribution in [2.45, 2.75) is 51.2 Å². The molecule has 4 rings (SSSR count). The second kappa shape index (κ2) is 8.25. The first-order valence-corrected chi connectivity index (χ1v) is 12.6. The smallest absolute Gasteiger partial charge is 0.325 e. The first-order valence-electron chi connectivity index (χ1n) is 11.2. The number of aliphatic carboxylic acids is 1. The fourth-order valence-corrected chi connectivity index (χ4v) is 6.17. The number of imidazole rings is 1. The van der Waals surface area contributed by atoms with Crippen LogP contribution in [0, 0.1) is 13.8 Å². The van der Waals surface area contributed by atoms with Crippen LogP contribution in [0.5, 0.6) is 0 Å². The Kier molecular flexibility index (Phi) is 5.87. The molecule has 1 saturated heterocycles. The van der Waals surface area contributed by atoms with Crippen LogP contribution in [0.3, 0.4) is 0 Å². The molecule has 0 aliphatic carbocycles. The number of sulfonamides is 1. The summed E-state index contributed by atoms with van der Waals surface area (Å²) in [6.07, 6.45) is 1.35. The first-order chi connectivity index (χ1) is 15.4. The molecule has 1 aliphatic rings. The SMILES string of the molecule is Cc1cc(C2CCN(S(=O)(=O)C(C)(C)C(=O)O)CC2)ccc1-c1ccc2c(c1)nc(C)n2C. The van der Waals surface area contributed by atoms with Gasteiger partial charge in [-0.05, 0) is 80.8 Å². The van der Waals surface area contributed by atoms with Gasteiger partial charge in [0, 0.05) is 20.1 Å². The van der Waals surface area contributed by atoms with Crippen LogP contribution >= 0.6 is 0 Å². The maximum absolute atomic E-state index is 12.8. The zero-order valence-electron chi connectivity index (χ0n) is 19.8. The molecular formula is C25H31N3O4S. The summed E-state index contributed by atoms with van der Waals surface area (Å²) >= 11 is 0. The van der Waals surface area contributed by atoms with E-state index in [0.29, 0.717) is 25.9 Å². The van der Waals surface area contributed by atoms with Gasteiger partial charge in [0.2, 0.25) is 10.0 Å². The van der Waals surface area contributed by atoms with Gasteiger partial charge in [-0.3, -0.25) is 4.79 Å². The molecule has 1 aliphatic heterocycles. The zero-order chi connectivity index (χ0) is 24.1. The van der Waals surface area contributed by atoms with Gasteiger partial charge in [-0.25, -0.2) is 17.7 Å². The number of piperidine rings is 1. The Morgan fingerprint density at radius 2 is 1.76 bits per heavy atom. The highest BCUT2D eigenvalue weighted by Crippen LogP contribution is 2.35. The van der Waals surface area contributed by atoms with E-state index in [4.69, 9.17) is 0 Å². The topological polar surface area (TPSA) is 92.5 Å². The van der Waals surface area contributed by atoms with E-state index < -0.39 is 20.7 Å². The van der Waals surface area contributed by atoms with Gasteiger partial charge in [0.25, 0.3) is 0 Å². The van der Waals surface area contributed by atoms with Crippen LogP contribution in [-0.4, -0.2) is 51.2 Å². The molecule has 0 unspecified atom stereocenters. The summed E-state index contributed by atoms with van der Waals surface area (Å²) in [5.41, 5.74) is 6.74. The normalized spacial score (nSPS) is 16.4. The van der Waals surface area contributed by atoms with Crippen molar-refractivity contribution in [3.05, 3.63) is 53.3 Å². The van der Waals surface area contributed by atoms with Gasteiger partial charge in [0.15, 0.2) is 4.75 Å². The van der Waals surface area contributed by atoms with Crippen LogP contribution in [0.4, 0.5) is 0 Å². The van der Waals surface area contributed by atoms with Crippen molar-refractivity contribution in [3.8, 4) is 11.1 Å². The van der Waals surface area contributed by atoms with Crippen molar-refractivity contribution in [3.63, 3.8) is 0 Å². The summed E-state index contributed by atoms with van der Waals surface area (Å²) in [5, 5.41) is 9.35. The van der Waals surface area contributed by atoms with Crippen LogP contribution in [0.25, 0.3) is 22.2 Å². The number of nitrogens with zero attached hydrogens (tertiary/aromatic N) is 3. The molecule has 2 aromatic carbocycles. The largest absolute Gasteiger partial charge is 0.480 e. The van der Waals surface area contributed by atoms with Gasteiger partial charge in [-0.1, -0.05) is 24.3 Å². The average Bonchev–Trinajstić information content (AvgIpc) is 3.06. The summed E-state index contributed by atoms with van der Waals surface area (Å²) in [7, 11) is -1.89. The monoisotopic (exact) mass is 469 g/mol. The molecule has 1 fully saturated rings. The minimum atomic E-state index is -3.91. The molecule has 0 bridgehead atoms. The molecule has 3 aromatic rings. The summed E-state index contributed by atoms with van der Waals surface area (Å²) in [6, 6.07) is 12.8. The maximum atomic E-state index is 12.8. The second-order valence-corrected chi connectivity index (χ2v) is 12.0. The summed E-state index contributed by atoms with van der Waals surface area (Å²) in [4.78, 5) is 16.1. The van der Waals surface area contributed by atoms with Gasteiger partial charge >= 0.3 is 5.97 Å². The van der Waals surface area contributed by atoms with Crippen LogP contribution in [0.1, 0.15) is 49.6 Å². The van der Waals surface area contributed by atoms with E-state index in [2.05, 4.69) is 52.9 Å². The Hall–Kier alpha value is -2.71. The number of carboxylic acids is 1. The number of hydrogen-bond acceptors (Lipinski definition) is 4. The molecule has 0 radical (unpaired) electrons. The second-order valence-electron chi connectivity index (χ2n) is 9.49. The van der Waals surface area contributed by atoms with Gasteiger partial charge in [-0.15, -0.1) is 0 Å². The highest BCUT2D eigenvalue weighted by Gasteiger charge is 2.46. The van der Waals surface area contributed by atoms with Crippen LogP contribution in [0.2, 0.25) is 0 Å². The van der Waals surface area contributed by atoms with Gasteiger partial charge in [0.05, 0.1) is 11.0 Å². The van der Waals surface area contributed by atoms with E-state index in [9.17, 15) is 18.3 Å². The number of carbonyl (C=O) groups is 1. The van der Waals surface area contributed by atoms with Crippen molar-refractivity contribution in [1.82, 2.24) is 13.9 Å². The minimum absolute atomic E-state index is 0.248. The molecule has 0 amide bonds. The summed E-state index contributed by atoms with van der Waals surface area (Å²) in [5.74, 6) is -0.0951. The van der Waals surface area contributed by atoms with Gasteiger partial charge in [0.1, 0.15) is 5.82 Å². The molecule has 0 spiro atoms.